The van der Waals surface area contributed by atoms with Crippen molar-refractivity contribution in [1.82, 2.24) is 0 Å². The molecule has 0 radical (unpaired) electrons. The van der Waals surface area contributed by atoms with Gasteiger partial charge in [0.05, 0.1) is 12.2 Å². The molecule has 0 saturated heterocycles. The monoisotopic (exact) mass is 354 g/mol. The molecule has 1 aliphatic rings. The SMILES string of the molecule is CC1C(c2ccc(O)c(O)c2)Oc2cc(O)cc(O)c2C1c1ccco1. The molecule has 3 unspecified atom stereocenters. The van der Waals surface area contributed by atoms with Gasteiger partial charge < -0.3 is 29.6 Å². The number of benzene rings is 2. The van der Waals surface area contributed by atoms with Gasteiger partial charge in [-0.3, -0.25) is 0 Å². The third-order valence-corrected chi connectivity index (χ3v) is 4.85. The van der Waals surface area contributed by atoms with Crippen molar-refractivity contribution in [1.29, 1.82) is 0 Å². The largest absolute Gasteiger partial charge is 0.508 e. The van der Waals surface area contributed by atoms with Crippen LogP contribution in [0.4, 0.5) is 0 Å². The van der Waals surface area contributed by atoms with Gasteiger partial charge in [0.2, 0.25) is 0 Å². The van der Waals surface area contributed by atoms with Crippen molar-refractivity contribution in [3.8, 4) is 28.7 Å². The van der Waals surface area contributed by atoms with Gasteiger partial charge in [-0.2, -0.15) is 0 Å². The Morgan fingerprint density at radius 1 is 0.885 bits per heavy atom. The molecule has 26 heavy (non-hydrogen) atoms. The summed E-state index contributed by atoms with van der Waals surface area (Å²) < 4.78 is 11.7. The fraction of sp³-hybridized carbons (Fsp3) is 0.200. The summed E-state index contributed by atoms with van der Waals surface area (Å²) >= 11 is 0. The van der Waals surface area contributed by atoms with Gasteiger partial charge in [-0.15, -0.1) is 0 Å². The molecular weight excluding hydrogens is 336 g/mol. The summed E-state index contributed by atoms with van der Waals surface area (Å²) in [6.07, 6.45) is 1.08. The van der Waals surface area contributed by atoms with Gasteiger partial charge in [-0.1, -0.05) is 13.0 Å². The molecule has 0 saturated carbocycles. The smallest absolute Gasteiger partial charge is 0.157 e. The van der Waals surface area contributed by atoms with Gasteiger partial charge in [0, 0.05) is 23.6 Å². The molecule has 0 spiro atoms. The predicted molar refractivity (Wildman–Crippen MR) is 92.6 cm³/mol. The highest BCUT2D eigenvalue weighted by atomic mass is 16.5. The quantitative estimate of drug-likeness (QED) is 0.519. The van der Waals surface area contributed by atoms with E-state index in [0.717, 1.165) is 0 Å². The normalized spacial score (nSPS) is 21.8. The second-order valence-corrected chi connectivity index (χ2v) is 6.52. The van der Waals surface area contributed by atoms with E-state index in [4.69, 9.17) is 9.15 Å². The van der Waals surface area contributed by atoms with Crippen molar-refractivity contribution >= 4 is 0 Å². The lowest BCUT2D eigenvalue weighted by atomic mass is 9.77. The van der Waals surface area contributed by atoms with E-state index in [0.29, 0.717) is 22.6 Å². The molecular formula is C20H18O6. The number of hydrogen-bond acceptors (Lipinski definition) is 6. The Kier molecular flexibility index (Phi) is 3.68. The number of phenolic OH excluding ortho intramolecular Hbond substituents is 4. The van der Waals surface area contributed by atoms with Crippen LogP contribution >= 0.6 is 0 Å². The van der Waals surface area contributed by atoms with E-state index >= 15 is 0 Å². The molecule has 2 heterocycles. The van der Waals surface area contributed by atoms with E-state index in [2.05, 4.69) is 0 Å². The van der Waals surface area contributed by atoms with Crippen LogP contribution in [0.2, 0.25) is 0 Å². The molecule has 4 N–H and O–H groups in total. The maximum atomic E-state index is 10.4. The van der Waals surface area contributed by atoms with Crippen LogP contribution in [0.3, 0.4) is 0 Å². The average molecular weight is 354 g/mol. The standard InChI is InChI=1S/C20H18O6/c1-10-18(16-3-2-6-25-16)19-15(24)8-12(21)9-17(19)26-20(10)11-4-5-13(22)14(23)7-11/h2-10,18,20-24H,1H3. The van der Waals surface area contributed by atoms with Crippen LogP contribution in [0.15, 0.2) is 53.1 Å². The molecule has 0 bridgehead atoms. The zero-order chi connectivity index (χ0) is 18.4. The Labute approximate surface area is 149 Å². The number of rotatable bonds is 2. The van der Waals surface area contributed by atoms with Crippen LogP contribution in [0.1, 0.15) is 35.8 Å². The molecule has 0 aliphatic carbocycles. The molecule has 0 amide bonds. The summed E-state index contributed by atoms with van der Waals surface area (Å²) in [4.78, 5) is 0. The Balaban J connectivity index is 1.88. The lowest BCUT2D eigenvalue weighted by Gasteiger charge is -2.37. The zero-order valence-corrected chi connectivity index (χ0v) is 14.0. The second kappa shape index (κ2) is 5.91. The van der Waals surface area contributed by atoms with Crippen LogP contribution < -0.4 is 4.74 Å². The van der Waals surface area contributed by atoms with Crippen LogP contribution in [0, 0.1) is 5.92 Å². The van der Waals surface area contributed by atoms with E-state index in [-0.39, 0.29) is 34.8 Å². The van der Waals surface area contributed by atoms with Crippen molar-refractivity contribution in [3.63, 3.8) is 0 Å². The first-order valence-corrected chi connectivity index (χ1v) is 8.23. The van der Waals surface area contributed by atoms with Gasteiger partial charge >= 0.3 is 0 Å². The summed E-state index contributed by atoms with van der Waals surface area (Å²) in [6.45, 7) is 1.96. The maximum absolute atomic E-state index is 10.4. The Morgan fingerprint density at radius 2 is 1.69 bits per heavy atom. The number of hydrogen-bond donors (Lipinski definition) is 4. The lowest BCUT2D eigenvalue weighted by Crippen LogP contribution is -2.28. The Hall–Kier alpha value is -3.28. The summed E-state index contributed by atoms with van der Waals surface area (Å²) in [6, 6.07) is 10.8. The Morgan fingerprint density at radius 3 is 2.38 bits per heavy atom. The van der Waals surface area contributed by atoms with Crippen LogP contribution in [0.5, 0.6) is 28.7 Å². The topological polar surface area (TPSA) is 103 Å². The summed E-state index contributed by atoms with van der Waals surface area (Å²) in [7, 11) is 0. The predicted octanol–water partition coefficient (Wildman–Crippen LogP) is 4.00. The Bertz CT molecular complexity index is 947. The number of fused-ring (bicyclic) bond motifs is 1. The van der Waals surface area contributed by atoms with Gasteiger partial charge in [0.1, 0.15) is 29.1 Å². The van der Waals surface area contributed by atoms with Crippen LogP contribution in [-0.4, -0.2) is 20.4 Å². The van der Waals surface area contributed by atoms with Gasteiger partial charge in [0.25, 0.3) is 0 Å². The van der Waals surface area contributed by atoms with E-state index in [1.54, 1.807) is 18.4 Å². The van der Waals surface area contributed by atoms with Gasteiger partial charge in [-0.25, -0.2) is 0 Å². The molecule has 3 atom stereocenters. The number of furan rings is 1. The fourth-order valence-electron chi connectivity index (χ4n) is 3.65. The highest BCUT2D eigenvalue weighted by Gasteiger charge is 2.41. The first-order chi connectivity index (χ1) is 12.5. The highest BCUT2D eigenvalue weighted by Crippen LogP contribution is 2.53. The molecule has 3 aromatic rings. The van der Waals surface area contributed by atoms with Crippen LogP contribution in [0.25, 0.3) is 0 Å². The molecule has 6 heteroatoms. The minimum Gasteiger partial charge on any atom is -0.508 e. The van der Waals surface area contributed by atoms with Crippen molar-refractivity contribution in [3.05, 3.63) is 65.6 Å². The van der Waals surface area contributed by atoms with Gasteiger partial charge in [-0.05, 0) is 29.8 Å². The van der Waals surface area contributed by atoms with Crippen molar-refractivity contribution < 1.29 is 29.6 Å². The molecule has 0 fully saturated rings. The first-order valence-electron chi connectivity index (χ1n) is 8.23. The third-order valence-electron chi connectivity index (χ3n) is 4.85. The first kappa shape index (κ1) is 16.2. The van der Waals surface area contributed by atoms with E-state index in [1.165, 1.54) is 24.3 Å². The molecule has 6 nitrogen and oxygen atoms in total. The number of phenols is 4. The van der Waals surface area contributed by atoms with E-state index < -0.39 is 6.10 Å². The highest BCUT2D eigenvalue weighted by molar-refractivity contribution is 5.55. The number of aromatic hydroxyl groups is 4. The molecule has 134 valence electrons. The fourth-order valence-corrected chi connectivity index (χ4v) is 3.65. The maximum Gasteiger partial charge on any atom is 0.157 e. The van der Waals surface area contributed by atoms with Crippen molar-refractivity contribution in [2.75, 3.05) is 0 Å². The van der Waals surface area contributed by atoms with E-state index in [1.807, 2.05) is 13.0 Å². The van der Waals surface area contributed by atoms with Crippen molar-refractivity contribution in [2.45, 2.75) is 18.9 Å². The second-order valence-electron chi connectivity index (χ2n) is 6.52. The molecule has 4 rings (SSSR count). The summed E-state index contributed by atoms with van der Waals surface area (Å²) in [5.41, 5.74) is 1.21. The van der Waals surface area contributed by atoms with Gasteiger partial charge in [0.15, 0.2) is 11.5 Å². The molecule has 2 aromatic carbocycles. The van der Waals surface area contributed by atoms with E-state index in [9.17, 15) is 20.4 Å². The van der Waals surface area contributed by atoms with Crippen LogP contribution in [-0.2, 0) is 0 Å². The summed E-state index contributed by atoms with van der Waals surface area (Å²) in [5, 5.41) is 39.7. The zero-order valence-electron chi connectivity index (χ0n) is 14.0. The number of ether oxygens (including phenoxy) is 1. The summed E-state index contributed by atoms with van der Waals surface area (Å²) in [5.74, 6) is -0.0895. The molecule has 1 aliphatic heterocycles. The molecule has 1 aromatic heterocycles. The van der Waals surface area contributed by atoms with Crippen molar-refractivity contribution in [2.24, 2.45) is 5.92 Å². The minimum absolute atomic E-state index is 0.0692. The third kappa shape index (κ3) is 2.50. The minimum atomic E-state index is -0.481. The average Bonchev–Trinajstić information content (AvgIpc) is 3.11. The lowest BCUT2D eigenvalue weighted by molar-refractivity contribution is 0.103.